The molecule has 2 aromatic carbocycles. The molecule has 0 aliphatic rings. The van der Waals surface area contributed by atoms with E-state index in [1.165, 1.54) is 0 Å². The Hall–Kier alpha value is -2.95. The van der Waals surface area contributed by atoms with Crippen molar-refractivity contribution in [2.45, 2.75) is 0 Å². The highest BCUT2D eigenvalue weighted by atomic mass is 16.5. The molecule has 0 atom stereocenters. The van der Waals surface area contributed by atoms with Crippen LogP contribution in [0.2, 0.25) is 0 Å². The van der Waals surface area contributed by atoms with Crippen molar-refractivity contribution in [1.82, 2.24) is 9.97 Å². The lowest BCUT2D eigenvalue weighted by Crippen LogP contribution is -1.95. The van der Waals surface area contributed by atoms with Crippen molar-refractivity contribution < 1.29 is 4.74 Å². The Bertz CT molecular complexity index is 786. The summed E-state index contributed by atoms with van der Waals surface area (Å²) in [6.07, 6.45) is 3.37. The van der Waals surface area contributed by atoms with Crippen molar-refractivity contribution in [3.63, 3.8) is 0 Å². The molecule has 21 heavy (non-hydrogen) atoms. The quantitative estimate of drug-likeness (QED) is 0.588. The first-order chi connectivity index (χ1) is 10.3. The van der Waals surface area contributed by atoms with Crippen molar-refractivity contribution in [1.29, 1.82) is 0 Å². The zero-order valence-corrected chi connectivity index (χ0v) is 11.5. The number of hydrogen-bond acceptors (Lipinski definition) is 5. The lowest BCUT2D eigenvalue weighted by molar-refractivity contribution is 0.415. The van der Waals surface area contributed by atoms with Crippen molar-refractivity contribution in [3.8, 4) is 5.75 Å². The molecule has 5 heteroatoms. The molecule has 104 valence electrons. The van der Waals surface area contributed by atoms with E-state index < -0.39 is 0 Å². The second-order valence-electron chi connectivity index (χ2n) is 4.39. The number of nitrogens with zero attached hydrogens (tertiary/aromatic N) is 3. The Morgan fingerprint density at radius 1 is 1.10 bits per heavy atom. The van der Waals surface area contributed by atoms with Crippen LogP contribution in [0.4, 0.5) is 5.82 Å². The smallest absolute Gasteiger partial charge is 0.165 e. The number of methoxy groups -OCH3 is 1. The summed E-state index contributed by atoms with van der Waals surface area (Å²) in [5, 5.41) is 4.16. The molecule has 1 N–H and O–H groups in total. The highest BCUT2D eigenvalue weighted by molar-refractivity contribution is 5.81. The molecule has 1 heterocycles. The van der Waals surface area contributed by atoms with Gasteiger partial charge in [-0.15, -0.1) is 0 Å². The lowest BCUT2D eigenvalue weighted by Gasteiger charge is -2.02. The predicted molar refractivity (Wildman–Crippen MR) is 83.7 cm³/mol. The molecule has 0 bridgehead atoms. The zero-order chi connectivity index (χ0) is 14.5. The average Bonchev–Trinajstić information content (AvgIpc) is 2.55. The first kappa shape index (κ1) is 13.1. The van der Waals surface area contributed by atoms with Gasteiger partial charge in [0.05, 0.1) is 30.6 Å². The van der Waals surface area contributed by atoms with E-state index in [0.29, 0.717) is 5.82 Å². The number of hydrazone groups is 1. The monoisotopic (exact) mass is 278 g/mol. The van der Waals surface area contributed by atoms with Gasteiger partial charge in [0.25, 0.3) is 0 Å². The third kappa shape index (κ3) is 3.14. The number of benzene rings is 2. The van der Waals surface area contributed by atoms with Crippen LogP contribution in [0.3, 0.4) is 0 Å². The van der Waals surface area contributed by atoms with Crippen LogP contribution in [0.5, 0.6) is 5.75 Å². The highest BCUT2D eigenvalue weighted by Gasteiger charge is 1.97. The van der Waals surface area contributed by atoms with E-state index in [-0.39, 0.29) is 0 Å². The van der Waals surface area contributed by atoms with Crippen molar-refractivity contribution in [2.24, 2.45) is 5.10 Å². The van der Waals surface area contributed by atoms with Gasteiger partial charge in [-0.05, 0) is 29.8 Å². The number of nitrogens with one attached hydrogen (secondary N) is 1. The van der Waals surface area contributed by atoms with Crippen molar-refractivity contribution >= 4 is 23.1 Å². The standard InChI is InChI=1S/C16H14N4O/c1-21-13-6-4-5-12(9-13)10-18-20-16-11-17-14-7-2-3-8-15(14)19-16/h2-11H,1H3,(H,19,20)/b18-10+. The first-order valence-electron chi connectivity index (χ1n) is 6.50. The minimum atomic E-state index is 0.604. The molecule has 0 amide bonds. The summed E-state index contributed by atoms with van der Waals surface area (Å²) < 4.78 is 5.16. The Morgan fingerprint density at radius 3 is 2.81 bits per heavy atom. The fraction of sp³-hybridized carbons (Fsp3) is 0.0625. The second-order valence-corrected chi connectivity index (χ2v) is 4.39. The fourth-order valence-electron chi connectivity index (χ4n) is 1.91. The van der Waals surface area contributed by atoms with E-state index in [9.17, 15) is 0 Å². The van der Waals surface area contributed by atoms with E-state index in [1.807, 2.05) is 48.5 Å². The summed E-state index contributed by atoms with van der Waals surface area (Å²) in [5.74, 6) is 1.40. The molecule has 0 spiro atoms. The Kier molecular flexibility index (Phi) is 3.73. The van der Waals surface area contributed by atoms with Gasteiger partial charge in [0, 0.05) is 0 Å². The third-order valence-electron chi connectivity index (χ3n) is 2.94. The van der Waals surface area contributed by atoms with Gasteiger partial charge in [0.2, 0.25) is 0 Å². The van der Waals surface area contributed by atoms with Crippen LogP contribution in [-0.4, -0.2) is 23.3 Å². The molecule has 0 fully saturated rings. The molecule has 1 aromatic heterocycles. The van der Waals surface area contributed by atoms with Crippen LogP contribution in [0, 0.1) is 0 Å². The van der Waals surface area contributed by atoms with Gasteiger partial charge in [0.1, 0.15) is 5.75 Å². The number of aromatic nitrogens is 2. The molecule has 0 unspecified atom stereocenters. The SMILES string of the molecule is COc1cccc(/C=N/Nc2cnc3ccccc3n2)c1. The molecule has 3 rings (SSSR count). The van der Waals surface area contributed by atoms with Crippen LogP contribution in [0.25, 0.3) is 11.0 Å². The lowest BCUT2D eigenvalue weighted by atomic mass is 10.2. The maximum atomic E-state index is 5.16. The van der Waals surface area contributed by atoms with Gasteiger partial charge in [-0.2, -0.15) is 5.10 Å². The van der Waals surface area contributed by atoms with Gasteiger partial charge in [-0.3, -0.25) is 10.4 Å². The van der Waals surface area contributed by atoms with Gasteiger partial charge < -0.3 is 4.74 Å². The molecule has 0 saturated carbocycles. The molecule has 0 saturated heterocycles. The Balaban J connectivity index is 1.74. The zero-order valence-electron chi connectivity index (χ0n) is 11.5. The molecule has 0 aliphatic heterocycles. The Morgan fingerprint density at radius 2 is 1.95 bits per heavy atom. The van der Waals surface area contributed by atoms with E-state index in [4.69, 9.17) is 4.74 Å². The summed E-state index contributed by atoms with van der Waals surface area (Å²) in [7, 11) is 1.64. The minimum absolute atomic E-state index is 0.604. The number of hydrogen-bond donors (Lipinski definition) is 1. The fourth-order valence-corrected chi connectivity index (χ4v) is 1.91. The summed E-state index contributed by atoms with van der Waals surface area (Å²) in [6.45, 7) is 0. The maximum absolute atomic E-state index is 5.16. The van der Waals surface area contributed by atoms with Gasteiger partial charge >= 0.3 is 0 Å². The molecule has 0 aliphatic carbocycles. The summed E-state index contributed by atoms with van der Waals surface area (Å²) in [5.41, 5.74) is 5.51. The largest absolute Gasteiger partial charge is 0.497 e. The normalized spacial score (nSPS) is 10.9. The Labute approximate surface area is 122 Å². The predicted octanol–water partition coefficient (Wildman–Crippen LogP) is 3.08. The summed E-state index contributed by atoms with van der Waals surface area (Å²) >= 11 is 0. The number of ether oxygens (including phenoxy) is 1. The van der Waals surface area contributed by atoms with E-state index >= 15 is 0 Å². The maximum Gasteiger partial charge on any atom is 0.165 e. The molecule has 3 aromatic rings. The number of rotatable bonds is 4. The molecule has 5 nitrogen and oxygen atoms in total. The van der Waals surface area contributed by atoms with Crippen LogP contribution in [0.15, 0.2) is 59.8 Å². The van der Waals surface area contributed by atoms with Crippen LogP contribution in [0.1, 0.15) is 5.56 Å². The molecular weight excluding hydrogens is 264 g/mol. The molecular formula is C16H14N4O. The number of fused-ring (bicyclic) bond motifs is 1. The van der Waals surface area contributed by atoms with E-state index in [1.54, 1.807) is 19.5 Å². The van der Waals surface area contributed by atoms with Crippen molar-refractivity contribution in [2.75, 3.05) is 12.5 Å². The second kappa shape index (κ2) is 6.00. The van der Waals surface area contributed by atoms with Crippen LogP contribution >= 0.6 is 0 Å². The topological polar surface area (TPSA) is 59.4 Å². The third-order valence-corrected chi connectivity index (χ3v) is 2.94. The van der Waals surface area contributed by atoms with E-state index in [2.05, 4.69) is 20.5 Å². The summed E-state index contributed by atoms with van der Waals surface area (Å²) in [4.78, 5) is 8.74. The van der Waals surface area contributed by atoms with Crippen LogP contribution in [-0.2, 0) is 0 Å². The molecule has 0 radical (unpaired) electrons. The van der Waals surface area contributed by atoms with Gasteiger partial charge in [-0.25, -0.2) is 4.98 Å². The highest BCUT2D eigenvalue weighted by Crippen LogP contribution is 2.12. The van der Waals surface area contributed by atoms with Crippen molar-refractivity contribution in [3.05, 3.63) is 60.3 Å². The summed E-state index contributed by atoms with van der Waals surface area (Å²) in [6, 6.07) is 15.4. The van der Waals surface area contributed by atoms with Gasteiger partial charge in [0.15, 0.2) is 5.82 Å². The van der Waals surface area contributed by atoms with Crippen LogP contribution < -0.4 is 10.2 Å². The van der Waals surface area contributed by atoms with Gasteiger partial charge in [-0.1, -0.05) is 24.3 Å². The average molecular weight is 278 g/mol. The van der Waals surface area contributed by atoms with E-state index in [0.717, 1.165) is 22.3 Å². The minimum Gasteiger partial charge on any atom is -0.497 e. The first-order valence-corrected chi connectivity index (χ1v) is 6.50. The number of anilines is 1. The number of para-hydroxylation sites is 2.